The van der Waals surface area contributed by atoms with Crippen LogP contribution >= 0.6 is 0 Å². The van der Waals surface area contributed by atoms with Crippen molar-refractivity contribution in [2.24, 2.45) is 0 Å². The Balaban J connectivity index is 2.52. The van der Waals surface area contributed by atoms with Crippen molar-refractivity contribution >= 4 is 5.78 Å². The van der Waals surface area contributed by atoms with Crippen molar-refractivity contribution in [3.8, 4) is 0 Å². The van der Waals surface area contributed by atoms with E-state index >= 15 is 0 Å². The van der Waals surface area contributed by atoms with Crippen LogP contribution in [-0.2, 0) is 0 Å². The van der Waals surface area contributed by atoms with Crippen LogP contribution in [0.5, 0.6) is 0 Å². The van der Waals surface area contributed by atoms with Gasteiger partial charge in [-0.05, 0) is 33.0 Å². The molecule has 0 fully saturated rings. The summed E-state index contributed by atoms with van der Waals surface area (Å²) in [5.41, 5.74) is 0. The number of ketones is 1. The number of rotatable bonds is 4. The number of carbonyl (C=O) groups is 1. The van der Waals surface area contributed by atoms with Gasteiger partial charge < -0.3 is 4.42 Å². The maximum atomic E-state index is 11.5. The minimum Gasteiger partial charge on any atom is -0.461 e. The molecule has 0 aliphatic carbocycles. The van der Waals surface area contributed by atoms with Crippen LogP contribution in [0.3, 0.4) is 0 Å². The molecule has 13 heavy (non-hydrogen) atoms. The van der Waals surface area contributed by atoms with Gasteiger partial charge in [-0.15, -0.1) is 0 Å². The van der Waals surface area contributed by atoms with Crippen molar-refractivity contribution in [2.75, 3.05) is 13.6 Å². The van der Waals surface area contributed by atoms with Gasteiger partial charge in [0.25, 0.3) is 0 Å². The van der Waals surface area contributed by atoms with Gasteiger partial charge in [0.15, 0.2) is 5.76 Å². The maximum absolute atomic E-state index is 11.5. The van der Waals surface area contributed by atoms with Crippen LogP contribution in [0.2, 0.25) is 0 Å². The third kappa shape index (κ3) is 2.70. The minimum atomic E-state index is 0.0289. The summed E-state index contributed by atoms with van der Waals surface area (Å²) in [4.78, 5) is 13.5. The molecule has 0 radical (unpaired) electrons. The fourth-order valence-electron chi connectivity index (χ4n) is 0.924. The van der Waals surface area contributed by atoms with Crippen molar-refractivity contribution in [1.82, 2.24) is 4.90 Å². The average molecular weight is 181 g/mol. The highest BCUT2D eigenvalue weighted by Crippen LogP contribution is 2.03. The molecule has 0 spiro atoms. The van der Waals surface area contributed by atoms with E-state index in [2.05, 4.69) is 13.8 Å². The lowest BCUT2D eigenvalue weighted by molar-refractivity contribution is 0.0902. The summed E-state index contributed by atoms with van der Waals surface area (Å²) in [5.74, 6) is 0.466. The molecular formula is C10H15NO2. The molecule has 1 rings (SSSR count). The van der Waals surface area contributed by atoms with Crippen molar-refractivity contribution < 1.29 is 9.21 Å². The number of furan rings is 1. The van der Waals surface area contributed by atoms with Crippen LogP contribution in [-0.4, -0.2) is 30.3 Å². The van der Waals surface area contributed by atoms with E-state index in [1.54, 1.807) is 12.1 Å². The number of nitrogens with zero attached hydrogens (tertiary/aromatic N) is 1. The molecule has 0 saturated carbocycles. The lowest BCUT2D eigenvalue weighted by Gasteiger charge is -2.18. The van der Waals surface area contributed by atoms with Crippen molar-refractivity contribution in [3.05, 3.63) is 24.2 Å². The lowest BCUT2D eigenvalue weighted by Crippen LogP contribution is -2.31. The van der Waals surface area contributed by atoms with E-state index in [0.29, 0.717) is 18.3 Å². The predicted octanol–water partition coefficient (Wildman–Crippen LogP) is 1.80. The summed E-state index contributed by atoms with van der Waals surface area (Å²) >= 11 is 0. The first kappa shape index (κ1) is 9.99. The van der Waals surface area contributed by atoms with Gasteiger partial charge in [0, 0.05) is 6.04 Å². The van der Waals surface area contributed by atoms with Gasteiger partial charge in [-0.1, -0.05) is 0 Å². The first-order valence-corrected chi connectivity index (χ1v) is 4.38. The Kier molecular flexibility index (Phi) is 3.25. The summed E-state index contributed by atoms with van der Waals surface area (Å²) in [6.07, 6.45) is 1.52. The monoisotopic (exact) mass is 181 g/mol. The van der Waals surface area contributed by atoms with Crippen LogP contribution in [0.15, 0.2) is 22.8 Å². The highest BCUT2D eigenvalue weighted by molar-refractivity contribution is 5.94. The molecule has 0 saturated heterocycles. The molecule has 0 amide bonds. The molecule has 0 aromatic carbocycles. The van der Waals surface area contributed by atoms with E-state index in [1.807, 2.05) is 11.9 Å². The largest absolute Gasteiger partial charge is 0.461 e. The Bertz CT molecular complexity index is 264. The zero-order chi connectivity index (χ0) is 9.84. The second kappa shape index (κ2) is 4.23. The van der Waals surface area contributed by atoms with Gasteiger partial charge in [-0.25, -0.2) is 0 Å². The van der Waals surface area contributed by atoms with Crippen LogP contribution < -0.4 is 0 Å². The highest BCUT2D eigenvalue weighted by Gasteiger charge is 2.12. The van der Waals surface area contributed by atoms with Gasteiger partial charge >= 0.3 is 0 Å². The molecular weight excluding hydrogens is 166 g/mol. The van der Waals surface area contributed by atoms with E-state index in [0.717, 1.165) is 0 Å². The van der Waals surface area contributed by atoms with Crippen LogP contribution in [0.1, 0.15) is 24.4 Å². The van der Waals surface area contributed by atoms with E-state index in [1.165, 1.54) is 6.26 Å². The van der Waals surface area contributed by atoms with Crippen molar-refractivity contribution in [2.45, 2.75) is 19.9 Å². The smallest absolute Gasteiger partial charge is 0.211 e. The highest BCUT2D eigenvalue weighted by atomic mass is 16.3. The second-order valence-corrected chi connectivity index (χ2v) is 3.41. The van der Waals surface area contributed by atoms with Gasteiger partial charge in [0.2, 0.25) is 5.78 Å². The standard InChI is InChI=1S/C10H15NO2/c1-8(2)11(3)7-9(12)10-5-4-6-13-10/h4-6,8H,7H2,1-3H3. The van der Waals surface area contributed by atoms with Crippen molar-refractivity contribution in [1.29, 1.82) is 0 Å². The number of Topliss-reactive ketones (excluding diaryl/α,β-unsaturated/α-hetero) is 1. The summed E-state index contributed by atoms with van der Waals surface area (Å²) in [6, 6.07) is 3.79. The Hall–Kier alpha value is -1.09. The van der Waals surface area contributed by atoms with Crippen molar-refractivity contribution in [3.63, 3.8) is 0 Å². The van der Waals surface area contributed by atoms with Crippen LogP contribution in [0.4, 0.5) is 0 Å². The molecule has 0 aliphatic heterocycles. The molecule has 0 aliphatic rings. The van der Waals surface area contributed by atoms with E-state index in [9.17, 15) is 4.79 Å². The van der Waals surface area contributed by atoms with Gasteiger partial charge in [-0.2, -0.15) is 0 Å². The minimum absolute atomic E-state index is 0.0289. The molecule has 1 heterocycles. The zero-order valence-electron chi connectivity index (χ0n) is 8.28. The van der Waals surface area contributed by atoms with Crippen LogP contribution in [0.25, 0.3) is 0 Å². The van der Waals surface area contributed by atoms with Gasteiger partial charge in [-0.3, -0.25) is 9.69 Å². The molecule has 0 bridgehead atoms. The Morgan fingerprint density at radius 3 is 2.77 bits per heavy atom. The Labute approximate surface area is 78.3 Å². The quantitative estimate of drug-likeness (QED) is 0.664. The molecule has 0 N–H and O–H groups in total. The van der Waals surface area contributed by atoms with Crippen LogP contribution in [0, 0.1) is 0 Å². The fraction of sp³-hybridized carbons (Fsp3) is 0.500. The number of hydrogen-bond acceptors (Lipinski definition) is 3. The molecule has 1 aromatic heterocycles. The zero-order valence-corrected chi connectivity index (χ0v) is 8.28. The van der Waals surface area contributed by atoms with E-state index in [4.69, 9.17) is 4.42 Å². The summed E-state index contributed by atoms with van der Waals surface area (Å²) in [5, 5.41) is 0. The second-order valence-electron chi connectivity index (χ2n) is 3.41. The summed E-state index contributed by atoms with van der Waals surface area (Å²) in [7, 11) is 1.92. The van der Waals surface area contributed by atoms with E-state index in [-0.39, 0.29) is 5.78 Å². The lowest BCUT2D eigenvalue weighted by atomic mass is 10.2. The molecule has 1 aromatic rings. The van der Waals surface area contributed by atoms with Gasteiger partial charge in [0.05, 0.1) is 12.8 Å². The third-order valence-electron chi connectivity index (χ3n) is 2.07. The maximum Gasteiger partial charge on any atom is 0.211 e. The SMILES string of the molecule is CC(C)N(C)CC(=O)c1ccco1. The topological polar surface area (TPSA) is 33.5 Å². The fourth-order valence-corrected chi connectivity index (χ4v) is 0.924. The Morgan fingerprint density at radius 2 is 2.31 bits per heavy atom. The Morgan fingerprint density at radius 1 is 1.62 bits per heavy atom. The molecule has 72 valence electrons. The molecule has 0 atom stereocenters. The first-order valence-electron chi connectivity index (χ1n) is 4.38. The third-order valence-corrected chi connectivity index (χ3v) is 2.07. The summed E-state index contributed by atoms with van der Waals surface area (Å²) < 4.78 is 5.00. The molecule has 0 unspecified atom stereocenters. The predicted molar refractivity (Wildman–Crippen MR) is 50.8 cm³/mol. The number of hydrogen-bond donors (Lipinski definition) is 0. The van der Waals surface area contributed by atoms with Gasteiger partial charge in [0.1, 0.15) is 0 Å². The first-order chi connectivity index (χ1) is 6.11. The van der Waals surface area contributed by atoms with E-state index < -0.39 is 0 Å². The number of likely N-dealkylation sites (N-methyl/N-ethyl adjacent to an activating group) is 1. The number of carbonyl (C=O) groups excluding carboxylic acids is 1. The average Bonchev–Trinajstić information content (AvgIpc) is 2.55. The normalized spacial score (nSPS) is 11.2. The summed E-state index contributed by atoms with van der Waals surface area (Å²) in [6.45, 7) is 4.51. The molecule has 3 heteroatoms. The molecule has 3 nitrogen and oxygen atoms in total.